The number of hydrogen-bond acceptors (Lipinski definition) is 4. The molecule has 82 valence electrons. The van der Waals surface area contributed by atoms with Gasteiger partial charge >= 0.3 is 12.3 Å². The largest absolute Gasteiger partial charge is 0.511 e. The van der Waals surface area contributed by atoms with Crippen molar-refractivity contribution in [2.24, 2.45) is 0 Å². The van der Waals surface area contributed by atoms with Crippen LogP contribution >= 0.6 is 0 Å². The van der Waals surface area contributed by atoms with Crippen LogP contribution in [0.3, 0.4) is 0 Å². The van der Waals surface area contributed by atoms with Gasteiger partial charge in [0.2, 0.25) is 5.82 Å². The zero-order valence-electron chi connectivity index (χ0n) is 7.37. The quantitative estimate of drug-likeness (QED) is 0.734. The van der Waals surface area contributed by atoms with E-state index in [-0.39, 0.29) is 11.4 Å². The van der Waals surface area contributed by atoms with Gasteiger partial charge in [-0.3, -0.25) is 0 Å². The van der Waals surface area contributed by atoms with Crippen molar-refractivity contribution < 1.29 is 27.8 Å². The Morgan fingerprint density at radius 1 is 1.53 bits per heavy atom. The minimum absolute atomic E-state index is 0.195. The minimum Gasteiger partial charge on any atom is -0.449 e. The number of rotatable bonds is 1. The molecule has 1 N–H and O–H groups in total. The van der Waals surface area contributed by atoms with Crippen molar-refractivity contribution in [1.29, 1.82) is 0 Å². The third-order valence-electron chi connectivity index (χ3n) is 1.39. The number of nitrogens with zero attached hydrogens (tertiary/aromatic N) is 2. The number of alkyl halides is 3. The first-order valence-electron chi connectivity index (χ1n) is 3.62. The monoisotopic (exact) mass is 222 g/mol. The summed E-state index contributed by atoms with van der Waals surface area (Å²) in [4.78, 5) is 16.1. The predicted octanol–water partition coefficient (Wildman–Crippen LogP) is 1.86. The summed E-state index contributed by atoms with van der Waals surface area (Å²) >= 11 is 0. The molecule has 0 bridgehead atoms. The van der Waals surface area contributed by atoms with E-state index in [4.69, 9.17) is 5.11 Å². The molecule has 8 heteroatoms. The van der Waals surface area contributed by atoms with Gasteiger partial charge in [-0.25, -0.2) is 14.8 Å². The average Bonchev–Trinajstić information content (AvgIpc) is 2.05. The highest BCUT2D eigenvalue weighted by atomic mass is 19.4. The molecule has 0 amide bonds. The van der Waals surface area contributed by atoms with E-state index in [1.54, 1.807) is 0 Å². The third kappa shape index (κ3) is 2.79. The standard InChI is InChI=1S/C7H5F3N2O3/c1-3-4(15-6(13)14)2-11-5(12-3)7(8,9)10/h2H,1H3,(H,13,14). The molecule has 0 saturated carbocycles. The molecule has 0 saturated heterocycles. The highest BCUT2D eigenvalue weighted by Gasteiger charge is 2.35. The second-order valence-electron chi connectivity index (χ2n) is 2.51. The SMILES string of the molecule is Cc1nc(C(F)(F)F)ncc1OC(=O)O. The highest BCUT2D eigenvalue weighted by molar-refractivity contribution is 5.61. The molecule has 15 heavy (non-hydrogen) atoms. The van der Waals surface area contributed by atoms with Gasteiger partial charge in [0.15, 0.2) is 5.75 Å². The maximum atomic E-state index is 12.1. The molecule has 0 atom stereocenters. The van der Waals surface area contributed by atoms with Crippen molar-refractivity contribution in [3.05, 3.63) is 17.7 Å². The zero-order chi connectivity index (χ0) is 11.6. The fraction of sp³-hybridized carbons (Fsp3) is 0.286. The summed E-state index contributed by atoms with van der Waals surface area (Å²) in [6.45, 7) is 1.19. The van der Waals surface area contributed by atoms with Crippen molar-refractivity contribution in [2.45, 2.75) is 13.1 Å². The van der Waals surface area contributed by atoms with Crippen LogP contribution in [0, 0.1) is 6.92 Å². The summed E-state index contributed by atoms with van der Waals surface area (Å²) < 4.78 is 40.4. The van der Waals surface area contributed by atoms with E-state index < -0.39 is 18.2 Å². The van der Waals surface area contributed by atoms with E-state index in [9.17, 15) is 18.0 Å². The first-order valence-corrected chi connectivity index (χ1v) is 3.62. The van der Waals surface area contributed by atoms with Crippen molar-refractivity contribution in [3.8, 4) is 5.75 Å². The summed E-state index contributed by atoms with van der Waals surface area (Å²) in [5, 5.41) is 8.22. The van der Waals surface area contributed by atoms with Crippen LogP contribution in [0.15, 0.2) is 6.20 Å². The van der Waals surface area contributed by atoms with Crippen molar-refractivity contribution in [1.82, 2.24) is 9.97 Å². The van der Waals surface area contributed by atoms with Gasteiger partial charge in [0.1, 0.15) is 0 Å². The number of aryl methyl sites for hydroxylation is 1. The molecule has 0 radical (unpaired) electrons. The van der Waals surface area contributed by atoms with Crippen LogP contribution in [0.2, 0.25) is 0 Å². The van der Waals surface area contributed by atoms with E-state index >= 15 is 0 Å². The highest BCUT2D eigenvalue weighted by Crippen LogP contribution is 2.27. The molecule has 1 aromatic heterocycles. The third-order valence-corrected chi connectivity index (χ3v) is 1.39. The van der Waals surface area contributed by atoms with Crippen LogP contribution in [0.1, 0.15) is 11.5 Å². The van der Waals surface area contributed by atoms with Gasteiger partial charge in [0, 0.05) is 0 Å². The smallest absolute Gasteiger partial charge is 0.449 e. The molecule has 0 aliphatic heterocycles. The lowest BCUT2D eigenvalue weighted by Gasteiger charge is -2.07. The molecule has 5 nitrogen and oxygen atoms in total. The maximum Gasteiger partial charge on any atom is 0.511 e. The van der Waals surface area contributed by atoms with Crippen molar-refractivity contribution in [3.63, 3.8) is 0 Å². The van der Waals surface area contributed by atoms with E-state index in [1.165, 1.54) is 6.92 Å². The van der Waals surface area contributed by atoms with E-state index in [0.29, 0.717) is 6.20 Å². The molecule has 0 aliphatic rings. The Morgan fingerprint density at radius 2 is 2.13 bits per heavy atom. The van der Waals surface area contributed by atoms with E-state index in [1.807, 2.05) is 0 Å². The average molecular weight is 222 g/mol. The van der Waals surface area contributed by atoms with E-state index in [0.717, 1.165) is 0 Å². The summed E-state index contributed by atoms with van der Waals surface area (Å²) in [5.41, 5.74) is -0.195. The first kappa shape index (κ1) is 11.2. The molecule has 0 spiro atoms. The Labute approximate surface area is 81.5 Å². The maximum absolute atomic E-state index is 12.1. The lowest BCUT2D eigenvalue weighted by Crippen LogP contribution is -2.13. The van der Waals surface area contributed by atoms with Crippen molar-refractivity contribution in [2.75, 3.05) is 0 Å². The minimum atomic E-state index is -4.66. The number of carboxylic acid groups (broad SMARTS) is 1. The molecular formula is C7H5F3N2O3. The molecule has 0 fully saturated rings. The van der Waals surface area contributed by atoms with Gasteiger partial charge in [-0.05, 0) is 6.92 Å². The molecule has 0 aromatic carbocycles. The molecule has 0 aliphatic carbocycles. The second-order valence-corrected chi connectivity index (χ2v) is 2.51. The van der Waals surface area contributed by atoms with Crippen LogP contribution in [0.5, 0.6) is 5.75 Å². The molecule has 1 heterocycles. The van der Waals surface area contributed by atoms with Gasteiger partial charge in [-0.2, -0.15) is 13.2 Å². The zero-order valence-corrected chi connectivity index (χ0v) is 7.37. The fourth-order valence-electron chi connectivity index (χ4n) is 0.787. The molecule has 0 unspecified atom stereocenters. The molecule has 1 aromatic rings. The Morgan fingerprint density at radius 3 is 2.53 bits per heavy atom. The molecular weight excluding hydrogens is 217 g/mol. The van der Waals surface area contributed by atoms with Crippen LogP contribution < -0.4 is 4.74 Å². The summed E-state index contributed by atoms with van der Waals surface area (Å²) in [5.74, 6) is -1.66. The van der Waals surface area contributed by atoms with Crippen molar-refractivity contribution >= 4 is 6.16 Å². The first-order chi connectivity index (χ1) is 6.80. The predicted molar refractivity (Wildman–Crippen MR) is 40.4 cm³/mol. The fourth-order valence-corrected chi connectivity index (χ4v) is 0.787. The van der Waals surface area contributed by atoms with E-state index in [2.05, 4.69) is 14.7 Å². The van der Waals surface area contributed by atoms with Gasteiger partial charge < -0.3 is 9.84 Å². The number of ether oxygens (including phenoxy) is 1. The second kappa shape index (κ2) is 3.71. The Kier molecular flexibility index (Phi) is 2.78. The number of carbonyl (C=O) groups is 1. The Balaban J connectivity index is 3.03. The van der Waals surface area contributed by atoms with Crippen LogP contribution in [0.4, 0.5) is 18.0 Å². The van der Waals surface area contributed by atoms with Gasteiger partial charge in [-0.1, -0.05) is 0 Å². The Hall–Kier alpha value is -1.86. The lowest BCUT2D eigenvalue weighted by molar-refractivity contribution is -0.145. The van der Waals surface area contributed by atoms with Crippen LogP contribution in [-0.2, 0) is 6.18 Å². The number of hydrogen-bond donors (Lipinski definition) is 1. The number of halogens is 3. The van der Waals surface area contributed by atoms with Gasteiger partial charge in [-0.15, -0.1) is 0 Å². The molecule has 1 rings (SSSR count). The summed E-state index contributed by atoms with van der Waals surface area (Å²) in [7, 11) is 0. The Bertz CT molecular complexity index is 392. The van der Waals surface area contributed by atoms with Gasteiger partial charge in [0.25, 0.3) is 0 Å². The number of aromatic nitrogens is 2. The van der Waals surface area contributed by atoms with Crippen LogP contribution in [-0.4, -0.2) is 21.2 Å². The summed E-state index contributed by atoms with van der Waals surface area (Å²) in [6.07, 6.45) is -5.63. The van der Waals surface area contributed by atoms with Crippen LogP contribution in [0.25, 0.3) is 0 Å². The van der Waals surface area contributed by atoms with Gasteiger partial charge in [0.05, 0.1) is 11.9 Å². The normalized spacial score (nSPS) is 11.2. The lowest BCUT2D eigenvalue weighted by atomic mass is 10.4. The summed E-state index contributed by atoms with van der Waals surface area (Å²) in [6, 6.07) is 0. The topological polar surface area (TPSA) is 72.3 Å².